The highest BCUT2D eigenvalue weighted by molar-refractivity contribution is 7.80. The molecule has 1 aromatic rings. The van der Waals surface area contributed by atoms with Crippen LogP contribution in [0, 0.1) is 0 Å². The van der Waals surface area contributed by atoms with Crippen LogP contribution in [0.4, 0.5) is 0 Å². The second kappa shape index (κ2) is 8.89. The molecule has 18 heavy (non-hydrogen) atoms. The molecule has 98 valence electrons. The molecule has 0 saturated carbocycles. The lowest BCUT2D eigenvalue weighted by Gasteiger charge is -2.10. The molecule has 0 N–H and O–H groups in total. The van der Waals surface area contributed by atoms with E-state index in [1.165, 1.54) is 0 Å². The average molecular weight is 264 g/mol. The maximum atomic E-state index is 5.46. The smallest absolute Gasteiger partial charge is 0.0702 e. The Hall–Kier alpha value is -1.13. The Bertz CT molecular complexity index is 379. The van der Waals surface area contributed by atoms with Crippen molar-refractivity contribution in [3.05, 3.63) is 30.1 Å². The van der Waals surface area contributed by atoms with E-state index in [-0.39, 0.29) is 6.10 Å². The van der Waals surface area contributed by atoms with Crippen molar-refractivity contribution in [1.29, 1.82) is 0 Å². The lowest BCUT2D eigenvalue weighted by molar-refractivity contribution is 0.0719. The number of thiocarbonyl (C=S) groups is 1. The zero-order chi connectivity index (χ0) is 13.2. The van der Waals surface area contributed by atoms with E-state index >= 15 is 0 Å². The third-order valence-electron chi connectivity index (χ3n) is 2.47. The number of aromatic nitrogens is 1. The molecule has 1 rings (SSSR count). The second-order valence-electron chi connectivity index (χ2n) is 4.10. The highest BCUT2D eigenvalue weighted by atomic mass is 32.1. The van der Waals surface area contributed by atoms with Crippen molar-refractivity contribution in [2.75, 3.05) is 13.2 Å². The fourth-order valence-electron chi connectivity index (χ4n) is 1.52. The Morgan fingerprint density at radius 2 is 2.44 bits per heavy atom. The Morgan fingerprint density at radius 1 is 1.61 bits per heavy atom. The highest BCUT2D eigenvalue weighted by Gasteiger charge is 2.02. The van der Waals surface area contributed by atoms with Crippen LogP contribution in [0.1, 0.15) is 32.3 Å². The minimum absolute atomic E-state index is 0.273. The summed E-state index contributed by atoms with van der Waals surface area (Å²) in [7, 11) is 0. The van der Waals surface area contributed by atoms with Gasteiger partial charge in [-0.05, 0) is 32.8 Å². The van der Waals surface area contributed by atoms with Crippen molar-refractivity contribution >= 4 is 23.3 Å². The monoisotopic (exact) mass is 264 g/mol. The van der Waals surface area contributed by atoms with Crippen LogP contribution < -0.4 is 0 Å². The normalized spacial score (nSPS) is 12.8. The number of pyridine rings is 1. The largest absolute Gasteiger partial charge is 0.379 e. The number of hydrogen-bond donors (Lipinski definition) is 0. The van der Waals surface area contributed by atoms with Crippen LogP contribution >= 0.6 is 12.2 Å². The Morgan fingerprint density at radius 3 is 3.11 bits per heavy atom. The Kier molecular flexibility index (Phi) is 7.37. The molecule has 0 fully saturated rings. The average Bonchev–Trinajstić information content (AvgIpc) is 2.38. The predicted octanol–water partition coefficient (Wildman–Crippen LogP) is 3.08. The molecular weight excluding hydrogens is 244 g/mol. The van der Waals surface area contributed by atoms with E-state index in [9.17, 15) is 0 Å². The summed E-state index contributed by atoms with van der Waals surface area (Å²) < 4.78 is 5.46. The fraction of sp³-hybridized carbons (Fsp3) is 0.500. The molecule has 1 unspecified atom stereocenters. The van der Waals surface area contributed by atoms with Crippen molar-refractivity contribution in [2.24, 2.45) is 4.99 Å². The van der Waals surface area contributed by atoms with Gasteiger partial charge < -0.3 is 4.74 Å². The third-order valence-corrected chi connectivity index (χ3v) is 2.81. The van der Waals surface area contributed by atoms with E-state index in [4.69, 9.17) is 17.0 Å². The molecule has 0 radical (unpaired) electrons. The quantitative estimate of drug-likeness (QED) is 0.534. The van der Waals surface area contributed by atoms with Crippen LogP contribution in [0.25, 0.3) is 0 Å². The molecular formula is C14H20N2OS. The van der Waals surface area contributed by atoms with Crippen LogP contribution in [-0.2, 0) is 4.74 Å². The molecule has 0 aromatic carbocycles. The maximum absolute atomic E-state index is 5.46. The first-order valence-corrected chi connectivity index (χ1v) is 6.66. The summed E-state index contributed by atoms with van der Waals surface area (Å²) in [5, 5.41) is 0. The van der Waals surface area contributed by atoms with Crippen LogP contribution in [-0.4, -0.2) is 35.3 Å². The van der Waals surface area contributed by atoms with Gasteiger partial charge in [0.2, 0.25) is 0 Å². The van der Waals surface area contributed by atoms with Crippen LogP contribution in [0.2, 0.25) is 0 Å². The molecule has 0 bridgehead atoms. The summed E-state index contributed by atoms with van der Waals surface area (Å²) in [6.45, 7) is 5.44. The van der Waals surface area contributed by atoms with Crippen molar-refractivity contribution in [2.45, 2.75) is 32.8 Å². The predicted molar refractivity (Wildman–Crippen MR) is 79.6 cm³/mol. The minimum atomic E-state index is 0.273. The lowest BCUT2D eigenvalue weighted by atomic mass is 10.2. The van der Waals surface area contributed by atoms with Crippen LogP contribution in [0.5, 0.6) is 0 Å². The molecule has 0 spiro atoms. The molecule has 0 amide bonds. The van der Waals surface area contributed by atoms with Crippen LogP contribution in [0.3, 0.4) is 0 Å². The first-order chi connectivity index (χ1) is 8.72. The molecule has 3 nitrogen and oxygen atoms in total. The van der Waals surface area contributed by atoms with E-state index in [1.807, 2.05) is 25.3 Å². The van der Waals surface area contributed by atoms with Gasteiger partial charge in [0, 0.05) is 35.6 Å². The van der Waals surface area contributed by atoms with Crippen molar-refractivity contribution in [1.82, 2.24) is 4.98 Å². The zero-order valence-electron chi connectivity index (χ0n) is 11.0. The minimum Gasteiger partial charge on any atom is -0.379 e. The molecule has 1 aromatic heterocycles. The molecule has 0 aliphatic rings. The van der Waals surface area contributed by atoms with E-state index in [1.54, 1.807) is 12.4 Å². The lowest BCUT2D eigenvalue weighted by Crippen LogP contribution is -2.11. The van der Waals surface area contributed by atoms with E-state index in [0.717, 1.165) is 29.9 Å². The first-order valence-electron chi connectivity index (χ1n) is 6.25. The van der Waals surface area contributed by atoms with Gasteiger partial charge >= 0.3 is 0 Å². The van der Waals surface area contributed by atoms with Gasteiger partial charge in [0.1, 0.15) is 0 Å². The molecule has 1 heterocycles. The summed E-state index contributed by atoms with van der Waals surface area (Å²) in [5.74, 6) is 0. The number of aliphatic imine (C=N–C) groups is 1. The molecule has 0 aliphatic carbocycles. The van der Waals surface area contributed by atoms with Gasteiger partial charge in [-0.1, -0.05) is 18.3 Å². The molecule has 0 aliphatic heterocycles. The first kappa shape index (κ1) is 14.9. The number of ether oxygens (including phenoxy) is 1. The summed E-state index contributed by atoms with van der Waals surface area (Å²) in [4.78, 5) is 9.31. The Balaban J connectivity index is 2.23. The van der Waals surface area contributed by atoms with E-state index in [2.05, 4.69) is 16.9 Å². The van der Waals surface area contributed by atoms with Gasteiger partial charge in [0.25, 0.3) is 0 Å². The standard InChI is InChI=1S/C14H20N2OS/c1-3-17-12(2)6-7-14(18)11-16-10-13-5-4-8-15-9-13/h4-5,8-10,12H,3,6-7,11H2,1-2H3. The van der Waals surface area contributed by atoms with Crippen molar-refractivity contribution in [3.8, 4) is 0 Å². The van der Waals surface area contributed by atoms with Crippen molar-refractivity contribution < 1.29 is 4.74 Å². The van der Waals surface area contributed by atoms with Gasteiger partial charge in [-0.15, -0.1) is 0 Å². The van der Waals surface area contributed by atoms with Gasteiger partial charge in [0.15, 0.2) is 0 Å². The summed E-state index contributed by atoms with van der Waals surface area (Å²) >= 11 is 5.29. The fourth-order valence-corrected chi connectivity index (χ4v) is 1.71. The van der Waals surface area contributed by atoms with Gasteiger partial charge in [0.05, 0.1) is 12.6 Å². The summed E-state index contributed by atoms with van der Waals surface area (Å²) in [5.41, 5.74) is 1.00. The Labute approximate surface area is 114 Å². The molecule has 0 saturated heterocycles. The SMILES string of the molecule is CCOC(C)CCC(=S)CN=Cc1cccnc1. The van der Waals surface area contributed by atoms with Gasteiger partial charge in [-0.2, -0.15) is 0 Å². The molecule has 4 heteroatoms. The summed E-state index contributed by atoms with van der Waals surface area (Å²) in [6.07, 6.45) is 7.47. The number of nitrogens with zero attached hydrogens (tertiary/aromatic N) is 2. The number of rotatable bonds is 8. The van der Waals surface area contributed by atoms with Gasteiger partial charge in [-0.3, -0.25) is 9.98 Å². The van der Waals surface area contributed by atoms with Crippen LogP contribution in [0.15, 0.2) is 29.5 Å². The van der Waals surface area contributed by atoms with E-state index in [0.29, 0.717) is 6.54 Å². The van der Waals surface area contributed by atoms with E-state index < -0.39 is 0 Å². The molecule has 1 atom stereocenters. The summed E-state index contributed by atoms with van der Waals surface area (Å²) in [6, 6.07) is 3.86. The van der Waals surface area contributed by atoms with Gasteiger partial charge in [-0.25, -0.2) is 0 Å². The van der Waals surface area contributed by atoms with Crippen molar-refractivity contribution in [3.63, 3.8) is 0 Å². The maximum Gasteiger partial charge on any atom is 0.0702 e. The highest BCUT2D eigenvalue weighted by Crippen LogP contribution is 2.03. The third kappa shape index (κ3) is 6.57. The second-order valence-corrected chi connectivity index (χ2v) is 4.68. The number of hydrogen-bond acceptors (Lipinski definition) is 4. The topological polar surface area (TPSA) is 34.5 Å². The zero-order valence-corrected chi connectivity index (χ0v) is 11.8.